The van der Waals surface area contributed by atoms with Gasteiger partial charge in [-0.2, -0.15) is 0 Å². The maximum Gasteiger partial charge on any atom is 0.269 e. The largest absolute Gasteiger partial charge is 0.269 e. The third-order valence-electron chi connectivity index (χ3n) is 2.28. The average Bonchev–Trinajstić information content (AvgIpc) is 2.17. The minimum Gasteiger partial charge on any atom is -0.264 e. The first-order valence-corrected chi connectivity index (χ1v) is 4.71. The zero-order valence-electron chi connectivity index (χ0n) is 9.04. The molecule has 0 atom stereocenters. The van der Waals surface area contributed by atoms with E-state index in [1.165, 1.54) is 26.0 Å². The van der Waals surface area contributed by atoms with Gasteiger partial charge in [0.25, 0.3) is 5.69 Å². The molecule has 0 fully saturated rings. The molecule has 1 aromatic rings. The Bertz CT molecular complexity index is 411. The molecule has 0 saturated carbocycles. The van der Waals surface area contributed by atoms with Gasteiger partial charge in [-0.1, -0.05) is 12.1 Å². The first kappa shape index (κ1) is 12.1. The van der Waals surface area contributed by atoms with E-state index in [1.54, 1.807) is 12.1 Å². The van der Waals surface area contributed by atoms with Crippen molar-refractivity contribution < 1.29 is 9.85 Å². The molecule has 0 unspecified atom stereocenters. The molecule has 6 nitrogen and oxygen atoms in total. The number of nitro benzene ring substituents is 1. The molecule has 1 rings (SSSR count). The summed E-state index contributed by atoms with van der Waals surface area (Å²) in [7, 11) is 0. The molecule has 0 bridgehead atoms. The van der Waals surface area contributed by atoms with Crippen LogP contribution in [0.2, 0.25) is 0 Å². The topological polar surface area (TPSA) is 86.3 Å². The summed E-state index contributed by atoms with van der Waals surface area (Å²) in [4.78, 5) is 20.3. The zero-order chi connectivity index (χ0) is 12.3. The quantitative estimate of drug-likeness (QED) is 0.579. The Hall–Kier alpha value is -1.98. The van der Waals surface area contributed by atoms with E-state index in [1.807, 2.05) is 0 Å². The van der Waals surface area contributed by atoms with Gasteiger partial charge in [-0.15, -0.1) is 0 Å². The second-order valence-corrected chi connectivity index (χ2v) is 4.17. The summed E-state index contributed by atoms with van der Waals surface area (Å²) in [5.74, 6) is 0. The van der Waals surface area contributed by atoms with Crippen LogP contribution < -0.4 is 0 Å². The van der Waals surface area contributed by atoms with Crippen molar-refractivity contribution in [3.05, 3.63) is 50.1 Å². The lowest BCUT2D eigenvalue weighted by Gasteiger charge is -2.15. The summed E-state index contributed by atoms with van der Waals surface area (Å²) in [6, 6.07) is 5.80. The molecule has 16 heavy (non-hydrogen) atoms. The fourth-order valence-electron chi connectivity index (χ4n) is 1.30. The molecular weight excluding hydrogens is 212 g/mol. The maximum atomic E-state index is 10.7. The Kier molecular flexibility index (Phi) is 3.22. The highest BCUT2D eigenvalue weighted by Gasteiger charge is 2.30. The van der Waals surface area contributed by atoms with Crippen LogP contribution in [-0.2, 0) is 6.42 Å². The highest BCUT2D eigenvalue weighted by Crippen LogP contribution is 2.18. The maximum absolute atomic E-state index is 10.7. The standard InChI is InChI=1S/C10H12N2O4/c1-10(2,12(15)16)7-8-3-5-9(6-4-8)11(13)14/h3-6H,7H2,1-2H3. The lowest BCUT2D eigenvalue weighted by Crippen LogP contribution is -2.33. The lowest BCUT2D eigenvalue weighted by molar-refractivity contribution is -0.560. The summed E-state index contributed by atoms with van der Waals surface area (Å²) < 4.78 is 0. The van der Waals surface area contributed by atoms with Crippen LogP contribution in [0.15, 0.2) is 24.3 Å². The van der Waals surface area contributed by atoms with E-state index in [4.69, 9.17) is 0 Å². The van der Waals surface area contributed by atoms with E-state index in [0.717, 1.165) is 0 Å². The van der Waals surface area contributed by atoms with Crippen molar-refractivity contribution in [2.45, 2.75) is 25.8 Å². The van der Waals surface area contributed by atoms with Crippen molar-refractivity contribution in [1.82, 2.24) is 0 Å². The smallest absolute Gasteiger partial charge is 0.264 e. The van der Waals surface area contributed by atoms with Gasteiger partial charge in [0.2, 0.25) is 5.54 Å². The minimum atomic E-state index is -1.06. The molecule has 0 aliphatic heterocycles. The van der Waals surface area contributed by atoms with Crippen LogP contribution in [0.1, 0.15) is 19.4 Å². The Morgan fingerprint density at radius 1 is 1.12 bits per heavy atom. The number of rotatable bonds is 4. The van der Waals surface area contributed by atoms with E-state index in [0.29, 0.717) is 5.56 Å². The van der Waals surface area contributed by atoms with Gasteiger partial charge in [-0.3, -0.25) is 20.2 Å². The average molecular weight is 224 g/mol. The third kappa shape index (κ3) is 2.75. The monoisotopic (exact) mass is 224 g/mol. The summed E-state index contributed by atoms with van der Waals surface area (Å²) in [5.41, 5.74) is -0.356. The molecule has 1 aromatic carbocycles. The summed E-state index contributed by atoms with van der Waals surface area (Å²) in [6.07, 6.45) is 0.248. The fraction of sp³-hybridized carbons (Fsp3) is 0.400. The van der Waals surface area contributed by atoms with Crippen molar-refractivity contribution in [3.8, 4) is 0 Å². The van der Waals surface area contributed by atoms with Crippen molar-refractivity contribution >= 4 is 5.69 Å². The minimum absolute atomic E-state index is 0.0114. The van der Waals surface area contributed by atoms with E-state index >= 15 is 0 Å². The van der Waals surface area contributed by atoms with Crippen LogP contribution >= 0.6 is 0 Å². The molecule has 0 aliphatic carbocycles. The van der Waals surface area contributed by atoms with E-state index in [2.05, 4.69) is 0 Å². The molecule has 0 saturated heterocycles. The number of benzene rings is 1. The van der Waals surface area contributed by atoms with Crippen molar-refractivity contribution in [3.63, 3.8) is 0 Å². The highest BCUT2D eigenvalue weighted by molar-refractivity contribution is 5.33. The number of nitro groups is 2. The van der Waals surface area contributed by atoms with Crippen molar-refractivity contribution in [1.29, 1.82) is 0 Å². The first-order valence-electron chi connectivity index (χ1n) is 4.71. The SMILES string of the molecule is CC(C)(Cc1ccc([N+](=O)[O-])cc1)[N+](=O)[O-]. The van der Waals surface area contributed by atoms with Crippen LogP contribution in [0.3, 0.4) is 0 Å². The molecule has 0 aromatic heterocycles. The predicted octanol–water partition coefficient (Wildman–Crippen LogP) is 2.19. The van der Waals surface area contributed by atoms with Crippen LogP contribution in [0, 0.1) is 20.2 Å². The van der Waals surface area contributed by atoms with Gasteiger partial charge in [-0.05, 0) is 5.56 Å². The van der Waals surface area contributed by atoms with E-state index < -0.39 is 10.5 Å². The van der Waals surface area contributed by atoms with Crippen LogP contribution in [0.5, 0.6) is 0 Å². The van der Waals surface area contributed by atoms with Crippen molar-refractivity contribution in [2.75, 3.05) is 0 Å². The van der Waals surface area contributed by atoms with Crippen LogP contribution in [-0.4, -0.2) is 15.4 Å². The highest BCUT2D eigenvalue weighted by atomic mass is 16.6. The Morgan fingerprint density at radius 3 is 2.00 bits per heavy atom. The molecule has 0 N–H and O–H groups in total. The van der Waals surface area contributed by atoms with E-state index in [9.17, 15) is 20.2 Å². The Balaban J connectivity index is 2.84. The Labute approximate surface area is 92.2 Å². The molecule has 0 amide bonds. The second kappa shape index (κ2) is 4.26. The molecule has 6 heteroatoms. The third-order valence-corrected chi connectivity index (χ3v) is 2.28. The second-order valence-electron chi connectivity index (χ2n) is 4.17. The van der Waals surface area contributed by atoms with Gasteiger partial charge in [0.15, 0.2) is 0 Å². The number of non-ortho nitro benzene ring substituents is 1. The van der Waals surface area contributed by atoms with Gasteiger partial charge >= 0.3 is 0 Å². The number of hydrogen-bond acceptors (Lipinski definition) is 4. The van der Waals surface area contributed by atoms with Gasteiger partial charge in [0, 0.05) is 37.3 Å². The van der Waals surface area contributed by atoms with Gasteiger partial charge in [-0.25, -0.2) is 0 Å². The molecule has 0 spiro atoms. The van der Waals surface area contributed by atoms with Gasteiger partial charge < -0.3 is 0 Å². The van der Waals surface area contributed by atoms with Crippen LogP contribution in [0.4, 0.5) is 5.69 Å². The van der Waals surface area contributed by atoms with Crippen LogP contribution in [0.25, 0.3) is 0 Å². The number of hydrogen-bond donors (Lipinski definition) is 0. The van der Waals surface area contributed by atoms with Gasteiger partial charge in [0.05, 0.1) is 4.92 Å². The van der Waals surface area contributed by atoms with Gasteiger partial charge in [0.1, 0.15) is 0 Å². The summed E-state index contributed by atoms with van der Waals surface area (Å²) in [5, 5.41) is 21.1. The molecule has 0 heterocycles. The molecule has 0 aliphatic rings. The normalized spacial score (nSPS) is 11.1. The molecule has 86 valence electrons. The first-order chi connectivity index (χ1) is 7.33. The summed E-state index contributed by atoms with van der Waals surface area (Å²) >= 11 is 0. The van der Waals surface area contributed by atoms with Crippen molar-refractivity contribution in [2.24, 2.45) is 0 Å². The Morgan fingerprint density at radius 2 is 1.62 bits per heavy atom. The summed E-state index contributed by atoms with van der Waals surface area (Å²) in [6.45, 7) is 3.04. The predicted molar refractivity (Wildman–Crippen MR) is 57.9 cm³/mol. The number of nitrogens with zero attached hydrogens (tertiary/aromatic N) is 2. The molecular formula is C10H12N2O4. The van der Waals surface area contributed by atoms with E-state index in [-0.39, 0.29) is 17.0 Å². The molecule has 0 radical (unpaired) electrons. The fourth-order valence-corrected chi connectivity index (χ4v) is 1.30. The lowest BCUT2D eigenvalue weighted by atomic mass is 9.96. The zero-order valence-corrected chi connectivity index (χ0v) is 9.04.